The number of hydrogen-bond donors (Lipinski definition) is 0. The van der Waals surface area contributed by atoms with Gasteiger partial charge in [-0.05, 0) is 36.8 Å². The Morgan fingerprint density at radius 1 is 0.577 bits per heavy atom. The minimum absolute atomic E-state index is 0.260. The van der Waals surface area contributed by atoms with E-state index in [1.165, 1.54) is 10.0 Å². The summed E-state index contributed by atoms with van der Waals surface area (Å²) in [6, 6.07) is 27.7. The molecule has 4 nitrogen and oxygen atoms in total. The molecule has 1 aliphatic rings. The van der Waals surface area contributed by atoms with Crippen molar-refractivity contribution in [2.45, 2.75) is 12.3 Å². The van der Waals surface area contributed by atoms with Crippen LogP contribution in [-0.4, -0.2) is 11.8 Å². The van der Waals surface area contributed by atoms with E-state index in [4.69, 9.17) is 0 Å². The Morgan fingerprint density at radius 2 is 0.923 bits per heavy atom. The van der Waals surface area contributed by atoms with Crippen molar-refractivity contribution in [2.75, 3.05) is 10.0 Å². The average Bonchev–Trinajstić information content (AvgIpc) is 2.92. The molecule has 0 saturated carbocycles. The van der Waals surface area contributed by atoms with Crippen molar-refractivity contribution in [3.63, 3.8) is 0 Å². The van der Waals surface area contributed by atoms with Crippen molar-refractivity contribution in [3.8, 4) is 0 Å². The van der Waals surface area contributed by atoms with Crippen LogP contribution in [0, 0.1) is 0 Å². The van der Waals surface area contributed by atoms with Crippen molar-refractivity contribution >= 4 is 23.2 Å². The number of hydrogen-bond acceptors (Lipinski definition) is 2. The quantitative estimate of drug-likeness (QED) is 0.677. The lowest BCUT2D eigenvalue weighted by atomic mass is 9.81. The molecule has 0 spiro atoms. The molecule has 1 saturated heterocycles. The number of anilines is 2. The first-order valence-corrected chi connectivity index (χ1v) is 8.48. The molecule has 4 rings (SSSR count). The zero-order chi connectivity index (χ0) is 18.1. The van der Waals surface area contributed by atoms with Gasteiger partial charge in [0.25, 0.3) is 11.8 Å². The molecule has 1 aliphatic heterocycles. The van der Waals surface area contributed by atoms with Gasteiger partial charge in [-0.25, -0.2) is 10.0 Å². The Hall–Kier alpha value is -3.40. The molecule has 1 fully saturated rings. The first-order valence-electron chi connectivity index (χ1n) is 8.48. The van der Waals surface area contributed by atoms with Gasteiger partial charge in [-0.15, -0.1) is 0 Å². The zero-order valence-corrected chi connectivity index (χ0v) is 14.4. The van der Waals surface area contributed by atoms with Crippen LogP contribution in [0.1, 0.15) is 12.5 Å². The van der Waals surface area contributed by atoms with Crippen molar-refractivity contribution in [3.05, 3.63) is 96.6 Å². The predicted octanol–water partition coefficient (Wildman–Crippen LogP) is 3.94. The highest BCUT2D eigenvalue weighted by Crippen LogP contribution is 2.40. The summed E-state index contributed by atoms with van der Waals surface area (Å²) in [7, 11) is 0. The van der Waals surface area contributed by atoms with Crippen LogP contribution in [0.25, 0.3) is 0 Å². The molecule has 0 unspecified atom stereocenters. The van der Waals surface area contributed by atoms with Crippen LogP contribution in [0.15, 0.2) is 91.0 Å². The fraction of sp³-hybridized carbons (Fsp3) is 0.0909. The number of rotatable bonds is 3. The Morgan fingerprint density at radius 3 is 1.31 bits per heavy atom. The summed E-state index contributed by atoms with van der Waals surface area (Å²) >= 11 is 0. The summed E-state index contributed by atoms with van der Waals surface area (Å²) in [6.07, 6.45) is 0. The molecule has 0 aliphatic carbocycles. The van der Waals surface area contributed by atoms with Crippen molar-refractivity contribution in [1.82, 2.24) is 0 Å². The van der Waals surface area contributed by atoms with E-state index in [-0.39, 0.29) is 11.8 Å². The Kier molecular flexibility index (Phi) is 3.81. The van der Waals surface area contributed by atoms with Crippen LogP contribution < -0.4 is 10.0 Å². The van der Waals surface area contributed by atoms with Crippen LogP contribution in [0.3, 0.4) is 0 Å². The lowest BCUT2D eigenvalue weighted by molar-refractivity contribution is -0.128. The topological polar surface area (TPSA) is 40.6 Å². The minimum atomic E-state index is -1.27. The summed E-state index contributed by atoms with van der Waals surface area (Å²) in [4.78, 5) is 27.0. The number of benzene rings is 3. The second kappa shape index (κ2) is 6.15. The molecule has 1 heterocycles. The summed E-state index contributed by atoms with van der Waals surface area (Å²) in [5.41, 5.74) is 0.741. The maximum Gasteiger partial charge on any atom is 0.266 e. The van der Waals surface area contributed by atoms with Gasteiger partial charge in [-0.3, -0.25) is 9.59 Å². The zero-order valence-electron chi connectivity index (χ0n) is 14.4. The first-order chi connectivity index (χ1) is 12.6. The second-order valence-electron chi connectivity index (χ2n) is 6.40. The van der Waals surface area contributed by atoms with Gasteiger partial charge in [0.1, 0.15) is 0 Å². The van der Waals surface area contributed by atoms with Gasteiger partial charge in [0.05, 0.1) is 11.4 Å². The molecule has 0 bridgehead atoms. The van der Waals surface area contributed by atoms with Gasteiger partial charge in [-0.2, -0.15) is 0 Å². The van der Waals surface area contributed by atoms with Crippen molar-refractivity contribution < 1.29 is 9.59 Å². The smallest absolute Gasteiger partial charge is 0.266 e. The van der Waals surface area contributed by atoms with E-state index in [0.717, 1.165) is 0 Å². The maximum absolute atomic E-state index is 13.5. The van der Waals surface area contributed by atoms with Gasteiger partial charge < -0.3 is 0 Å². The monoisotopic (exact) mass is 342 g/mol. The normalized spacial score (nSPS) is 16.2. The fourth-order valence-electron chi connectivity index (χ4n) is 3.32. The molecular weight excluding hydrogens is 324 g/mol. The summed E-state index contributed by atoms with van der Waals surface area (Å²) in [5, 5.41) is 2.95. The van der Waals surface area contributed by atoms with E-state index in [1.54, 1.807) is 6.92 Å². The lowest BCUT2D eigenvalue weighted by Crippen LogP contribution is -2.41. The SMILES string of the molecule is CC1(c2ccccc2)C(=O)N(c2ccccc2)N(c2ccccc2)C1=O. The number of amides is 2. The third-order valence-corrected chi connectivity index (χ3v) is 4.79. The Labute approximate surface area is 152 Å². The van der Waals surface area contributed by atoms with Crippen LogP contribution in [0.2, 0.25) is 0 Å². The number of carbonyl (C=O) groups excluding carboxylic acids is 2. The molecule has 2 amide bonds. The van der Waals surface area contributed by atoms with Gasteiger partial charge >= 0.3 is 0 Å². The van der Waals surface area contributed by atoms with E-state index in [0.29, 0.717) is 16.9 Å². The van der Waals surface area contributed by atoms with E-state index < -0.39 is 5.41 Å². The largest absolute Gasteiger partial charge is 0.271 e. The highest BCUT2D eigenvalue weighted by Gasteiger charge is 2.57. The molecular formula is C22H18N2O2. The first kappa shape index (κ1) is 16.1. The molecule has 0 aromatic heterocycles. The van der Waals surface area contributed by atoms with E-state index >= 15 is 0 Å². The lowest BCUT2D eigenvalue weighted by Gasteiger charge is -2.27. The molecule has 3 aromatic carbocycles. The van der Waals surface area contributed by atoms with Gasteiger partial charge in [0.2, 0.25) is 0 Å². The fourth-order valence-corrected chi connectivity index (χ4v) is 3.32. The molecule has 3 aromatic rings. The molecule has 0 N–H and O–H groups in total. The average molecular weight is 342 g/mol. The van der Waals surface area contributed by atoms with E-state index in [2.05, 4.69) is 0 Å². The van der Waals surface area contributed by atoms with Gasteiger partial charge in [0, 0.05) is 0 Å². The van der Waals surface area contributed by atoms with Crippen molar-refractivity contribution in [2.24, 2.45) is 0 Å². The summed E-state index contributed by atoms with van der Waals surface area (Å²) < 4.78 is 0. The molecule has 26 heavy (non-hydrogen) atoms. The number of nitrogens with zero attached hydrogens (tertiary/aromatic N) is 2. The highest BCUT2D eigenvalue weighted by atomic mass is 16.2. The Bertz CT molecular complexity index is 882. The van der Waals surface area contributed by atoms with Crippen LogP contribution in [0.5, 0.6) is 0 Å². The molecule has 128 valence electrons. The summed E-state index contributed by atoms with van der Waals surface area (Å²) in [6.45, 7) is 1.70. The van der Waals surface area contributed by atoms with Crippen LogP contribution in [-0.2, 0) is 15.0 Å². The van der Waals surface area contributed by atoms with E-state index in [9.17, 15) is 9.59 Å². The van der Waals surface area contributed by atoms with E-state index in [1.807, 2.05) is 91.0 Å². The summed E-state index contributed by atoms with van der Waals surface area (Å²) in [5.74, 6) is -0.521. The number of hydrazine groups is 1. The minimum Gasteiger partial charge on any atom is -0.271 e. The third-order valence-electron chi connectivity index (χ3n) is 4.79. The van der Waals surface area contributed by atoms with Gasteiger partial charge in [0.15, 0.2) is 5.41 Å². The number of carbonyl (C=O) groups is 2. The van der Waals surface area contributed by atoms with Crippen LogP contribution >= 0.6 is 0 Å². The third kappa shape index (κ3) is 2.30. The van der Waals surface area contributed by atoms with Gasteiger partial charge in [-0.1, -0.05) is 66.7 Å². The Balaban J connectivity index is 1.91. The van der Waals surface area contributed by atoms with Crippen molar-refractivity contribution in [1.29, 1.82) is 0 Å². The highest BCUT2D eigenvalue weighted by molar-refractivity contribution is 6.29. The van der Waals surface area contributed by atoms with Crippen LogP contribution in [0.4, 0.5) is 11.4 Å². The molecule has 0 atom stereocenters. The molecule has 4 heteroatoms. The number of para-hydroxylation sites is 2. The molecule has 0 radical (unpaired) electrons. The standard InChI is InChI=1S/C22H18N2O2/c1-22(17-11-5-2-6-12-17)20(25)23(18-13-7-3-8-14-18)24(21(22)26)19-15-9-4-10-16-19/h2-16H,1H3. The second-order valence-corrected chi connectivity index (χ2v) is 6.40. The maximum atomic E-state index is 13.5. The predicted molar refractivity (Wildman–Crippen MR) is 102 cm³/mol.